The topological polar surface area (TPSA) is 112 Å². The van der Waals surface area contributed by atoms with Gasteiger partial charge in [0, 0.05) is 49.0 Å². The van der Waals surface area contributed by atoms with E-state index in [-0.39, 0.29) is 23.3 Å². The first-order valence-electron chi connectivity index (χ1n) is 11.2. The van der Waals surface area contributed by atoms with Crippen LogP contribution in [0.15, 0.2) is 48.8 Å². The molecule has 1 saturated heterocycles. The van der Waals surface area contributed by atoms with Crippen LogP contribution in [0.2, 0.25) is 0 Å². The molecule has 2 aliphatic rings. The normalized spacial score (nSPS) is 20.6. The summed E-state index contributed by atoms with van der Waals surface area (Å²) in [6.07, 6.45) is 1.09. The van der Waals surface area contributed by atoms with Gasteiger partial charge in [-0.1, -0.05) is 25.1 Å². The fourth-order valence-corrected chi connectivity index (χ4v) is 4.13. The molecule has 1 spiro atoms. The number of carboxylic acid groups (broad SMARTS) is 1. The Morgan fingerprint density at radius 1 is 1.20 bits per heavy atom. The number of hydrogen-bond acceptors (Lipinski definition) is 4. The van der Waals surface area contributed by atoms with E-state index in [0.717, 1.165) is 30.5 Å². The third-order valence-electron chi connectivity index (χ3n) is 6.20. The summed E-state index contributed by atoms with van der Waals surface area (Å²) < 4.78 is 31.7. The maximum Gasteiger partial charge on any atom is 0.490 e. The molecule has 3 N–H and O–H groups in total. The van der Waals surface area contributed by atoms with Gasteiger partial charge in [0.25, 0.3) is 0 Å². The van der Waals surface area contributed by atoms with E-state index in [2.05, 4.69) is 28.6 Å². The molecule has 1 aliphatic heterocycles. The van der Waals surface area contributed by atoms with Gasteiger partial charge in [0.2, 0.25) is 5.91 Å². The number of amides is 3. The highest BCUT2D eigenvalue weighted by atomic mass is 19.4. The van der Waals surface area contributed by atoms with Crippen molar-refractivity contribution in [2.45, 2.75) is 38.9 Å². The summed E-state index contributed by atoms with van der Waals surface area (Å²) in [6.45, 7) is 3.94. The molecule has 2 aromatic rings. The van der Waals surface area contributed by atoms with Crippen molar-refractivity contribution in [3.63, 3.8) is 0 Å². The van der Waals surface area contributed by atoms with Gasteiger partial charge in [0.05, 0.1) is 0 Å². The Morgan fingerprint density at radius 2 is 1.91 bits per heavy atom. The minimum absolute atomic E-state index is 0.00499. The first-order valence-corrected chi connectivity index (χ1v) is 11.2. The predicted octanol–water partition coefficient (Wildman–Crippen LogP) is 3.84. The second-order valence-corrected chi connectivity index (χ2v) is 8.66. The molecule has 2 heterocycles. The number of anilines is 1. The second kappa shape index (κ2) is 10.7. The van der Waals surface area contributed by atoms with E-state index in [1.54, 1.807) is 12.4 Å². The number of carbonyl (C=O) groups is 3. The number of nitrogens with zero attached hydrogens (tertiary/aromatic N) is 2. The van der Waals surface area contributed by atoms with Gasteiger partial charge < -0.3 is 20.6 Å². The van der Waals surface area contributed by atoms with Crippen LogP contribution < -0.4 is 10.6 Å². The van der Waals surface area contributed by atoms with Crippen molar-refractivity contribution in [1.82, 2.24) is 15.2 Å². The molecule has 1 aliphatic carbocycles. The molecular formula is C24H27F3N4O4. The third kappa shape index (κ3) is 6.93. The lowest BCUT2D eigenvalue weighted by Crippen LogP contribution is -2.34. The zero-order valence-corrected chi connectivity index (χ0v) is 19.1. The van der Waals surface area contributed by atoms with Gasteiger partial charge in [-0.15, -0.1) is 0 Å². The molecule has 0 bridgehead atoms. The van der Waals surface area contributed by atoms with Crippen molar-refractivity contribution in [2.24, 2.45) is 11.3 Å². The smallest absolute Gasteiger partial charge is 0.475 e. The van der Waals surface area contributed by atoms with E-state index in [4.69, 9.17) is 9.90 Å². The van der Waals surface area contributed by atoms with E-state index in [0.29, 0.717) is 19.6 Å². The Kier molecular flexibility index (Phi) is 7.98. The van der Waals surface area contributed by atoms with E-state index in [1.807, 2.05) is 35.2 Å². The number of likely N-dealkylation sites (tertiary alicyclic amines) is 1. The Hall–Kier alpha value is -3.63. The van der Waals surface area contributed by atoms with Crippen molar-refractivity contribution in [2.75, 3.05) is 18.4 Å². The number of aryl methyl sites for hydroxylation is 1. The fraction of sp³-hybridized carbons (Fsp3) is 0.417. The van der Waals surface area contributed by atoms with E-state index < -0.39 is 12.1 Å². The summed E-state index contributed by atoms with van der Waals surface area (Å²) in [5.74, 6) is -2.67. The van der Waals surface area contributed by atoms with Crippen molar-refractivity contribution >= 4 is 23.6 Å². The molecule has 8 nitrogen and oxygen atoms in total. The van der Waals surface area contributed by atoms with Gasteiger partial charge in [-0.3, -0.25) is 9.78 Å². The van der Waals surface area contributed by atoms with Gasteiger partial charge in [0.15, 0.2) is 0 Å². The molecule has 3 amide bonds. The number of benzene rings is 1. The second-order valence-electron chi connectivity index (χ2n) is 8.66. The molecule has 2 fully saturated rings. The first kappa shape index (κ1) is 26.0. The minimum atomic E-state index is -5.08. The minimum Gasteiger partial charge on any atom is -0.475 e. The number of alkyl halides is 3. The Morgan fingerprint density at radius 3 is 2.54 bits per heavy atom. The number of halogens is 3. The number of carbonyl (C=O) groups excluding carboxylic acids is 2. The zero-order valence-electron chi connectivity index (χ0n) is 19.1. The third-order valence-corrected chi connectivity index (χ3v) is 6.20. The molecule has 4 rings (SSSR count). The number of rotatable bonds is 5. The van der Waals surface area contributed by atoms with Crippen LogP contribution in [0.25, 0.3) is 0 Å². The van der Waals surface area contributed by atoms with Crippen LogP contribution in [-0.4, -0.2) is 52.2 Å². The van der Waals surface area contributed by atoms with Gasteiger partial charge in [0.1, 0.15) is 0 Å². The first-order chi connectivity index (χ1) is 16.5. The molecule has 2 atom stereocenters. The highest BCUT2D eigenvalue weighted by molar-refractivity contribution is 5.90. The largest absolute Gasteiger partial charge is 0.490 e. The number of urea groups is 1. The van der Waals surface area contributed by atoms with Crippen LogP contribution in [0.4, 0.5) is 23.7 Å². The van der Waals surface area contributed by atoms with Crippen LogP contribution in [0, 0.1) is 11.3 Å². The lowest BCUT2D eigenvalue weighted by molar-refractivity contribution is -0.192. The lowest BCUT2D eigenvalue weighted by atomic mass is 10.0. The SMILES string of the molecule is CCc1cccc(NC(=O)N2CCC3(CC3C(=O)NCc3cccnc3)C2)c1.O=C(O)C(F)(F)F. The monoisotopic (exact) mass is 492 g/mol. The van der Waals surface area contributed by atoms with E-state index in [1.165, 1.54) is 5.56 Å². The zero-order chi connectivity index (χ0) is 25.6. The molecule has 1 aromatic carbocycles. The Labute approximate surface area is 200 Å². The molecule has 0 radical (unpaired) electrons. The van der Waals surface area contributed by atoms with Crippen LogP contribution in [-0.2, 0) is 22.6 Å². The lowest BCUT2D eigenvalue weighted by Gasteiger charge is -2.18. The number of aromatic nitrogens is 1. The van der Waals surface area contributed by atoms with Crippen molar-refractivity contribution < 1.29 is 32.7 Å². The van der Waals surface area contributed by atoms with Gasteiger partial charge >= 0.3 is 18.2 Å². The highest BCUT2D eigenvalue weighted by Gasteiger charge is 2.61. The molecule has 35 heavy (non-hydrogen) atoms. The van der Waals surface area contributed by atoms with Crippen molar-refractivity contribution in [1.29, 1.82) is 0 Å². The molecule has 1 saturated carbocycles. The predicted molar refractivity (Wildman–Crippen MR) is 121 cm³/mol. The quantitative estimate of drug-likeness (QED) is 0.587. The molecule has 188 valence electrons. The Balaban J connectivity index is 0.000000429. The molecular weight excluding hydrogens is 465 g/mol. The maximum atomic E-state index is 12.6. The number of aliphatic carboxylic acids is 1. The van der Waals surface area contributed by atoms with Crippen molar-refractivity contribution in [3.05, 3.63) is 59.9 Å². The average Bonchev–Trinajstić information content (AvgIpc) is 3.37. The van der Waals surface area contributed by atoms with Gasteiger partial charge in [-0.05, 0) is 48.6 Å². The van der Waals surface area contributed by atoms with Crippen LogP contribution in [0.5, 0.6) is 0 Å². The summed E-state index contributed by atoms with van der Waals surface area (Å²) in [5, 5.41) is 13.1. The highest BCUT2D eigenvalue weighted by Crippen LogP contribution is 2.58. The van der Waals surface area contributed by atoms with Crippen LogP contribution in [0.3, 0.4) is 0 Å². The number of hydrogen-bond donors (Lipinski definition) is 3. The van der Waals surface area contributed by atoms with Crippen LogP contribution >= 0.6 is 0 Å². The standard InChI is InChI=1S/C22H26N4O2.C2HF3O2/c1-2-16-5-3-7-18(11-16)25-21(28)26-10-8-22(15-26)12-19(22)20(27)24-14-17-6-4-9-23-13-17;3-2(4,5)1(6)7/h3-7,9,11,13,19H,2,8,10,12,14-15H2,1H3,(H,24,27)(H,25,28);(H,6,7). The summed E-state index contributed by atoms with van der Waals surface area (Å²) in [7, 11) is 0. The Bertz CT molecular complexity index is 1060. The van der Waals surface area contributed by atoms with E-state index in [9.17, 15) is 22.8 Å². The van der Waals surface area contributed by atoms with Gasteiger partial charge in [-0.25, -0.2) is 9.59 Å². The summed E-state index contributed by atoms with van der Waals surface area (Å²) in [6, 6.07) is 11.7. The number of nitrogens with one attached hydrogen (secondary N) is 2. The molecule has 1 aromatic heterocycles. The molecule has 2 unspecified atom stereocenters. The van der Waals surface area contributed by atoms with E-state index >= 15 is 0 Å². The summed E-state index contributed by atoms with van der Waals surface area (Å²) in [4.78, 5) is 40.0. The molecule has 11 heteroatoms. The summed E-state index contributed by atoms with van der Waals surface area (Å²) in [5.41, 5.74) is 2.98. The van der Waals surface area contributed by atoms with Crippen LogP contribution in [0.1, 0.15) is 30.9 Å². The fourth-order valence-electron chi connectivity index (χ4n) is 4.13. The number of carboxylic acids is 1. The summed E-state index contributed by atoms with van der Waals surface area (Å²) >= 11 is 0. The van der Waals surface area contributed by atoms with Gasteiger partial charge in [-0.2, -0.15) is 13.2 Å². The van der Waals surface area contributed by atoms with Crippen molar-refractivity contribution in [3.8, 4) is 0 Å². The average molecular weight is 492 g/mol. The maximum absolute atomic E-state index is 12.6. The number of pyridine rings is 1.